The molecule has 8 aromatic carbocycles. The fraction of sp³-hybridized carbons (Fsp3) is 0.164. The Morgan fingerprint density at radius 3 is 1.26 bits per heavy atom. The van der Waals surface area contributed by atoms with Gasteiger partial charge in [-0.2, -0.15) is 5.26 Å². The molecular formula is C61H43N5. The van der Waals surface area contributed by atoms with Crippen LogP contribution in [0.25, 0.3) is 86.9 Å². The molecule has 0 N–H and O–H groups in total. The van der Waals surface area contributed by atoms with Crippen molar-refractivity contribution in [2.75, 3.05) is 0 Å². The van der Waals surface area contributed by atoms with Gasteiger partial charge in [0.25, 0.3) is 0 Å². The molecule has 4 aliphatic rings. The number of hydrogen-bond acceptors (Lipinski definition) is 1. The molecule has 2 aromatic heterocycles. The summed E-state index contributed by atoms with van der Waals surface area (Å²) < 4.78 is 4.93. The van der Waals surface area contributed by atoms with E-state index in [1.807, 2.05) is 60.7 Å². The molecule has 2 unspecified atom stereocenters. The Bertz CT molecular complexity index is 3440. The number of benzene rings is 8. The van der Waals surface area contributed by atoms with Crippen LogP contribution < -0.4 is 0 Å². The predicted molar refractivity (Wildman–Crippen MR) is 268 cm³/mol. The van der Waals surface area contributed by atoms with Crippen LogP contribution in [-0.4, -0.2) is 9.13 Å². The number of hydrogen-bond donors (Lipinski definition) is 0. The van der Waals surface area contributed by atoms with Gasteiger partial charge in [0.1, 0.15) is 0 Å². The van der Waals surface area contributed by atoms with Gasteiger partial charge < -0.3 is 9.13 Å². The molecule has 10 aromatic rings. The van der Waals surface area contributed by atoms with Crippen molar-refractivity contribution in [2.24, 2.45) is 11.8 Å². The molecule has 0 radical (unpaired) electrons. The van der Waals surface area contributed by atoms with E-state index in [2.05, 4.69) is 140 Å². The number of para-hydroxylation sites is 4. The standard InChI is InChI=1S/C61H43N5/c1-63-58-55(41-17-5-3-6-18-41)50(37-62)56(42-19-7-4-8-20-42)59(64-2)57(58)61-35-39-29-40(36-61)34-60(33-39,38-61)43-30-44(65-51-25-13-9-21-46(51)47-22-10-14-26-52(47)65)32-45(31-43)66-53-27-15-11-23-48(53)49-24-12-16-28-54(49)66/h3-28,30-32,39-40H,29,33-36,38H2. The number of aromatic nitrogens is 2. The summed E-state index contributed by atoms with van der Waals surface area (Å²) in [6.07, 6.45) is 5.96. The molecule has 4 bridgehead atoms. The Kier molecular flexibility index (Phi) is 8.37. The van der Waals surface area contributed by atoms with Crippen LogP contribution in [0.5, 0.6) is 0 Å². The first-order chi connectivity index (χ1) is 32.5. The zero-order chi connectivity index (χ0) is 44.1. The molecule has 66 heavy (non-hydrogen) atoms. The van der Waals surface area contributed by atoms with Gasteiger partial charge in [-0.25, -0.2) is 9.69 Å². The van der Waals surface area contributed by atoms with Gasteiger partial charge in [0, 0.05) is 49.6 Å². The number of nitrogens with zero attached hydrogens (tertiary/aromatic N) is 5. The van der Waals surface area contributed by atoms with Gasteiger partial charge in [-0.1, -0.05) is 133 Å². The van der Waals surface area contributed by atoms with Crippen molar-refractivity contribution in [1.82, 2.24) is 9.13 Å². The van der Waals surface area contributed by atoms with E-state index in [0.717, 1.165) is 66.6 Å². The third-order valence-corrected chi connectivity index (χ3v) is 15.7. The highest BCUT2D eigenvalue weighted by Gasteiger charge is 2.60. The molecule has 0 amide bonds. The zero-order valence-electron chi connectivity index (χ0n) is 36.4. The van der Waals surface area contributed by atoms with Crippen LogP contribution >= 0.6 is 0 Å². The van der Waals surface area contributed by atoms with Crippen molar-refractivity contribution in [3.8, 4) is 39.7 Å². The Hall–Kier alpha value is -8.17. The smallest absolute Gasteiger partial charge is 0.189 e. The second-order valence-corrected chi connectivity index (χ2v) is 19.3. The van der Waals surface area contributed by atoms with Crippen molar-refractivity contribution in [2.45, 2.75) is 49.4 Å². The minimum atomic E-state index is -0.444. The summed E-state index contributed by atoms with van der Waals surface area (Å²) in [7, 11) is 0. The van der Waals surface area contributed by atoms with E-state index in [9.17, 15) is 5.26 Å². The third kappa shape index (κ3) is 5.43. The van der Waals surface area contributed by atoms with Crippen molar-refractivity contribution >= 4 is 55.0 Å². The largest absolute Gasteiger partial charge is 0.309 e. The zero-order valence-corrected chi connectivity index (χ0v) is 36.4. The molecule has 5 nitrogen and oxygen atoms in total. The highest BCUT2D eigenvalue weighted by atomic mass is 15.0. The van der Waals surface area contributed by atoms with Crippen LogP contribution in [0.1, 0.15) is 55.2 Å². The van der Waals surface area contributed by atoms with E-state index in [1.54, 1.807) is 0 Å². The summed E-state index contributed by atoms with van der Waals surface area (Å²) in [5.41, 5.74) is 12.8. The molecule has 2 atom stereocenters. The molecule has 4 saturated carbocycles. The van der Waals surface area contributed by atoms with E-state index in [0.29, 0.717) is 39.9 Å². The topological polar surface area (TPSA) is 42.4 Å². The Labute approximate surface area is 384 Å². The monoisotopic (exact) mass is 845 g/mol. The minimum Gasteiger partial charge on any atom is -0.309 e. The van der Waals surface area contributed by atoms with Crippen LogP contribution in [0, 0.1) is 36.3 Å². The highest BCUT2D eigenvalue weighted by Crippen LogP contribution is 2.69. The lowest BCUT2D eigenvalue weighted by molar-refractivity contribution is -0.0274. The van der Waals surface area contributed by atoms with Gasteiger partial charge in [-0.3, -0.25) is 0 Å². The van der Waals surface area contributed by atoms with Crippen LogP contribution in [0.2, 0.25) is 0 Å². The predicted octanol–water partition coefficient (Wildman–Crippen LogP) is 16.0. The van der Waals surface area contributed by atoms with Gasteiger partial charge in [0.05, 0.1) is 41.3 Å². The maximum absolute atomic E-state index is 11.1. The third-order valence-electron chi connectivity index (χ3n) is 15.7. The molecule has 0 spiro atoms. The number of fused-ring (bicyclic) bond motifs is 6. The van der Waals surface area contributed by atoms with Crippen molar-refractivity contribution < 1.29 is 0 Å². The van der Waals surface area contributed by atoms with Crippen molar-refractivity contribution in [1.29, 1.82) is 5.26 Å². The van der Waals surface area contributed by atoms with E-state index >= 15 is 0 Å². The maximum atomic E-state index is 11.1. The summed E-state index contributed by atoms with van der Waals surface area (Å²) in [5, 5.41) is 16.0. The Balaban J connectivity index is 1.10. The summed E-state index contributed by atoms with van der Waals surface area (Å²) in [4.78, 5) is 8.82. The lowest BCUT2D eigenvalue weighted by Crippen LogP contribution is -2.56. The molecule has 5 heteroatoms. The summed E-state index contributed by atoms with van der Waals surface area (Å²) in [5.74, 6) is 0.848. The minimum absolute atomic E-state index is 0.224. The second kappa shape index (κ2) is 14.4. The second-order valence-electron chi connectivity index (χ2n) is 19.3. The lowest BCUT2D eigenvalue weighted by Gasteiger charge is -2.63. The number of rotatable bonds is 6. The first-order valence-electron chi connectivity index (χ1n) is 23.1. The van der Waals surface area contributed by atoms with Gasteiger partial charge in [-0.05, 0) is 126 Å². The Morgan fingerprint density at radius 2 is 0.864 bits per heavy atom. The summed E-state index contributed by atoms with van der Waals surface area (Å²) >= 11 is 0. The van der Waals surface area contributed by atoms with Gasteiger partial charge in [0.2, 0.25) is 0 Å². The molecule has 14 rings (SSSR count). The van der Waals surface area contributed by atoms with Crippen molar-refractivity contribution in [3.05, 3.63) is 215 Å². The average molecular weight is 846 g/mol. The fourth-order valence-corrected chi connectivity index (χ4v) is 13.8. The quantitative estimate of drug-likeness (QED) is 0.154. The van der Waals surface area contributed by atoms with Crippen LogP contribution in [-0.2, 0) is 10.8 Å². The highest BCUT2D eigenvalue weighted by molar-refractivity contribution is 6.11. The molecule has 4 aliphatic carbocycles. The average Bonchev–Trinajstić information content (AvgIpc) is 3.88. The van der Waals surface area contributed by atoms with Gasteiger partial charge in [-0.15, -0.1) is 0 Å². The van der Waals surface area contributed by atoms with Gasteiger partial charge >= 0.3 is 0 Å². The molecule has 0 saturated heterocycles. The van der Waals surface area contributed by atoms with Crippen LogP contribution in [0.15, 0.2) is 176 Å². The molecular weight excluding hydrogens is 803 g/mol. The number of nitriles is 1. The molecule has 4 fully saturated rings. The SMILES string of the molecule is [C-]#[N+]c1c(-c2ccccc2)c(C#N)c(-c2ccccc2)c([N+]#[C-])c1C12CC3CC(CC(c4cc(-n5c6ccccc6c6ccccc65)cc(-n5c6ccccc6c6ccccc65)c4)(C3)C1)C2. The molecule has 2 heterocycles. The first-order valence-corrected chi connectivity index (χ1v) is 23.1. The Morgan fingerprint density at radius 1 is 0.485 bits per heavy atom. The van der Waals surface area contributed by atoms with E-state index in [1.165, 1.54) is 49.2 Å². The maximum Gasteiger partial charge on any atom is 0.189 e. The van der Waals surface area contributed by atoms with Crippen molar-refractivity contribution in [3.63, 3.8) is 0 Å². The van der Waals surface area contributed by atoms with Gasteiger partial charge in [0.15, 0.2) is 11.4 Å². The van der Waals surface area contributed by atoms with E-state index in [-0.39, 0.29) is 5.41 Å². The van der Waals surface area contributed by atoms with Crippen LogP contribution in [0.4, 0.5) is 11.4 Å². The summed E-state index contributed by atoms with van der Waals surface area (Å²) in [6.45, 7) is 18.0. The summed E-state index contributed by atoms with van der Waals surface area (Å²) in [6, 6.07) is 64.9. The normalized spacial score (nSPS) is 20.7. The van der Waals surface area contributed by atoms with Crippen LogP contribution in [0.3, 0.4) is 0 Å². The first kappa shape index (κ1) is 38.3. The molecule has 312 valence electrons. The molecule has 0 aliphatic heterocycles. The van der Waals surface area contributed by atoms with E-state index in [4.69, 9.17) is 13.1 Å². The van der Waals surface area contributed by atoms with E-state index < -0.39 is 5.41 Å². The fourth-order valence-electron chi connectivity index (χ4n) is 13.8. The lowest BCUT2D eigenvalue weighted by atomic mass is 9.41.